The van der Waals surface area contributed by atoms with Gasteiger partial charge in [-0.25, -0.2) is 0 Å². The molecule has 0 saturated carbocycles. The minimum Gasteiger partial charge on any atom is -0.493 e. The van der Waals surface area contributed by atoms with Gasteiger partial charge in [-0.15, -0.1) is 0 Å². The molecule has 2 saturated heterocycles. The number of ether oxygens (including phenoxy) is 2. The summed E-state index contributed by atoms with van der Waals surface area (Å²) in [6.45, 7) is 0.115. The third-order valence-electron chi connectivity index (χ3n) is 7.43. The number of methoxy groups -OCH3 is 2. The normalized spacial score (nSPS) is 26.2. The molecular formula is C25H26ClN4O6+. The first-order valence-corrected chi connectivity index (χ1v) is 11.9. The Labute approximate surface area is 212 Å². The minimum atomic E-state index is -1.41. The van der Waals surface area contributed by atoms with Crippen LogP contribution < -0.4 is 25.8 Å². The number of amides is 4. The molecule has 5 rings (SSSR count). The molecule has 2 aromatic carbocycles. The summed E-state index contributed by atoms with van der Waals surface area (Å²) in [6.07, 6.45) is 0.234. The van der Waals surface area contributed by atoms with Crippen molar-refractivity contribution in [1.29, 1.82) is 0 Å². The molecule has 0 bridgehead atoms. The SMILES string of the molecule is COc1ccc(CCN2C(=O)[C@@H]3[C@@H](C2=O)[C@]2([NH2+][C@@H]3CC(N)=O)C(=O)Nc3ccc(Cl)cc32)cc1OC. The van der Waals surface area contributed by atoms with Crippen LogP contribution in [0.1, 0.15) is 17.5 Å². The Hall–Kier alpha value is -3.63. The van der Waals surface area contributed by atoms with E-state index in [2.05, 4.69) is 5.32 Å². The van der Waals surface area contributed by atoms with Gasteiger partial charge in [0.1, 0.15) is 17.9 Å². The Bertz CT molecular complexity index is 1300. The second kappa shape index (κ2) is 8.79. The summed E-state index contributed by atoms with van der Waals surface area (Å²) in [4.78, 5) is 53.8. The van der Waals surface area contributed by atoms with Crippen LogP contribution in [0.2, 0.25) is 5.02 Å². The Balaban J connectivity index is 1.49. The lowest BCUT2D eigenvalue weighted by Crippen LogP contribution is -2.99. The van der Waals surface area contributed by atoms with E-state index >= 15 is 0 Å². The van der Waals surface area contributed by atoms with Crippen LogP contribution in [0.15, 0.2) is 36.4 Å². The highest BCUT2D eigenvalue weighted by molar-refractivity contribution is 6.31. The van der Waals surface area contributed by atoms with Gasteiger partial charge in [-0.3, -0.25) is 24.1 Å². The van der Waals surface area contributed by atoms with Crippen LogP contribution in [0.3, 0.4) is 0 Å². The van der Waals surface area contributed by atoms with Crippen molar-refractivity contribution < 1.29 is 34.0 Å². The van der Waals surface area contributed by atoms with Gasteiger partial charge >= 0.3 is 0 Å². The minimum absolute atomic E-state index is 0.115. The smallest absolute Gasteiger partial charge is 0.291 e. The summed E-state index contributed by atoms with van der Waals surface area (Å²) in [5.74, 6) is -2.63. The molecule has 36 heavy (non-hydrogen) atoms. The molecule has 2 aromatic rings. The fourth-order valence-corrected chi connectivity index (χ4v) is 6.08. The van der Waals surface area contributed by atoms with Crippen molar-refractivity contribution >= 4 is 40.9 Å². The first-order valence-electron chi connectivity index (χ1n) is 11.5. The van der Waals surface area contributed by atoms with E-state index < -0.39 is 47.0 Å². The van der Waals surface area contributed by atoms with Gasteiger partial charge in [0, 0.05) is 17.1 Å². The number of rotatable bonds is 7. The number of halogens is 1. The summed E-state index contributed by atoms with van der Waals surface area (Å²) in [7, 11) is 3.07. The molecule has 0 aliphatic carbocycles. The van der Waals surface area contributed by atoms with E-state index in [1.807, 2.05) is 6.07 Å². The van der Waals surface area contributed by atoms with Crippen LogP contribution in [-0.4, -0.2) is 55.3 Å². The van der Waals surface area contributed by atoms with Crippen molar-refractivity contribution in [2.24, 2.45) is 17.6 Å². The fourth-order valence-electron chi connectivity index (χ4n) is 5.91. The number of primary amides is 1. The highest BCUT2D eigenvalue weighted by Gasteiger charge is 2.74. The summed E-state index contributed by atoms with van der Waals surface area (Å²) in [6, 6.07) is 9.67. The highest BCUT2D eigenvalue weighted by atomic mass is 35.5. The van der Waals surface area contributed by atoms with Crippen molar-refractivity contribution in [3.8, 4) is 11.5 Å². The number of nitrogens with two attached hydrogens (primary N) is 2. The molecular weight excluding hydrogens is 488 g/mol. The Morgan fingerprint density at radius 2 is 1.86 bits per heavy atom. The average molecular weight is 514 g/mol. The molecule has 0 aromatic heterocycles. The monoisotopic (exact) mass is 513 g/mol. The van der Waals surface area contributed by atoms with Gasteiger partial charge in [0.2, 0.25) is 23.3 Å². The number of anilines is 1. The maximum atomic E-state index is 13.8. The molecule has 3 heterocycles. The van der Waals surface area contributed by atoms with Crippen LogP contribution in [0.4, 0.5) is 5.69 Å². The topological polar surface area (TPSA) is 145 Å². The zero-order valence-corrected chi connectivity index (χ0v) is 20.5. The number of quaternary nitrogens is 1. The number of likely N-dealkylation sites (tertiary alicyclic amines) is 1. The van der Waals surface area contributed by atoms with E-state index in [0.29, 0.717) is 34.2 Å². The number of nitrogens with zero attached hydrogens (tertiary/aromatic N) is 1. The van der Waals surface area contributed by atoms with Gasteiger partial charge in [0.05, 0.1) is 26.3 Å². The first kappa shape index (κ1) is 24.1. The molecule has 4 amide bonds. The molecule has 3 aliphatic heterocycles. The van der Waals surface area contributed by atoms with E-state index in [1.54, 1.807) is 35.6 Å². The van der Waals surface area contributed by atoms with Gasteiger partial charge in [-0.2, -0.15) is 0 Å². The maximum Gasteiger partial charge on any atom is 0.291 e. The number of hydrogen-bond donors (Lipinski definition) is 3. The molecule has 5 N–H and O–H groups in total. The summed E-state index contributed by atoms with van der Waals surface area (Å²) < 4.78 is 10.6. The second-order valence-corrected chi connectivity index (χ2v) is 9.72. The molecule has 10 nitrogen and oxygen atoms in total. The Kier molecular flexibility index (Phi) is 5.88. The third kappa shape index (κ3) is 3.51. The van der Waals surface area contributed by atoms with Crippen molar-refractivity contribution in [3.05, 3.63) is 52.5 Å². The lowest BCUT2D eigenvalue weighted by molar-refractivity contribution is -0.732. The number of hydrogen-bond acceptors (Lipinski definition) is 6. The van der Waals surface area contributed by atoms with E-state index in [0.717, 1.165) is 5.56 Å². The predicted octanol–water partition coefficient (Wildman–Crippen LogP) is 0.170. The number of carbonyl (C=O) groups excluding carboxylic acids is 4. The highest BCUT2D eigenvalue weighted by Crippen LogP contribution is 2.50. The van der Waals surface area contributed by atoms with Crippen LogP contribution >= 0.6 is 11.6 Å². The molecule has 1 spiro atoms. The summed E-state index contributed by atoms with van der Waals surface area (Å²) in [5, 5.41) is 4.88. The Morgan fingerprint density at radius 3 is 2.56 bits per heavy atom. The van der Waals surface area contributed by atoms with Gasteiger partial charge in [-0.1, -0.05) is 17.7 Å². The molecule has 4 atom stereocenters. The van der Waals surface area contributed by atoms with Crippen molar-refractivity contribution in [2.75, 3.05) is 26.1 Å². The van der Waals surface area contributed by atoms with E-state index in [4.69, 9.17) is 26.8 Å². The third-order valence-corrected chi connectivity index (χ3v) is 7.67. The first-order chi connectivity index (χ1) is 17.2. The molecule has 2 fully saturated rings. The lowest BCUT2D eigenvalue weighted by Gasteiger charge is -2.26. The summed E-state index contributed by atoms with van der Waals surface area (Å²) >= 11 is 6.25. The van der Waals surface area contributed by atoms with Crippen molar-refractivity contribution in [1.82, 2.24) is 4.90 Å². The van der Waals surface area contributed by atoms with Gasteiger partial charge in [0.25, 0.3) is 5.91 Å². The van der Waals surface area contributed by atoms with Crippen molar-refractivity contribution in [3.63, 3.8) is 0 Å². The average Bonchev–Trinajstić information content (AvgIpc) is 3.41. The van der Waals surface area contributed by atoms with Crippen molar-refractivity contribution in [2.45, 2.75) is 24.4 Å². The number of nitrogens with one attached hydrogen (secondary N) is 1. The van der Waals surface area contributed by atoms with Crippen LogP contribution in [0.5, 0.6) is 11.5 Å². The van der Waals surface area contributed by atoms with Crippen LogP contribution in [0, 0.1) is 11.8 Å². The zero-order chi connectivity index (χ0) is 25.8. The predicted molar refractivity (Wildman–Crippen MR) is 128 cm³/mol. The molecule has 188 valence electrons. The number of imide groups is 1. The standard InChI is InChI=1S/C25H25ClN4O6/c1-35-17-6-3-12(9-18(17)36-2)7-8-30-22(32)20-16(11-19(27)31)29-25(21(20)23(30)33)14-10-13(26)4-5-15(14)28-24(25)34/h3-6,9-10,16,20-21,29H,7-8,11H2,1-2H3,(H2,27,31)(H,28,34)/p+1/t16-,20+,21+,25+/m1/s1. The van der Waals surface area contributed by atoms with Gasteiger partial charge in [-0.05, 0) is 42.3 Å². The fraction of sp³-hybridized carbons (Fsp3) is 0.360. The lowest BCUT2D eigenvalue weighted by atomic mass is 9.76. The maximum absolute atomic E-state index is 13.8. The van der Waals surface area contributed by atoms with Gasteiger partial charge in [0.15, 0.2) is 11.5 Å². The second-order valence-electron chi connectivity index (χ2n) is 9.28. The Morgan fingerprint density at radius 1 is 1.11 bits per heavy atom. The van der Waals surface area contributed by atoms with Crippen LogP contribution in [-0.2, 0) is 31.1 Å². The van der Waals surface area contributed by atoms with E-state index in [-0.39, 0.29) is 13.0 Å². The van der Waals surface area contributed by atoms with E-state index in [1.165, 1.54) is 19.1 Å². The molecule has 0 radical (unpaired) electrons. The number of fused-ring (bicyclic) bond motifs is 4. The zero-order valence-electron chi connectivity index (χ0n) is 19.7. The largest absolute Gasteiger partial charge is 0.493 e. The van der Waals surface area contributed by atoms with E-state index in [9.17, 15) is 19.2 Å². The molecule has 3 aliphatic rings. The van der Waals surface area contributed by atoms with Crippen LogP contribution in [0.25, 0.3) is 0 Å². The number of benzene rings is 2. The molecule has 0 unspecified atom stereocenters. The van der Waals surface area contributed by atoms with Gasteiger partial charge < -0.3 is 25.8 Å². The molecule has 11 heteroatoms. The summed E-state index contributed by atoms with van der Waals surface area (Å²) in [5.41, 5.74) is 5.98. The quantitative estimate of drug-likeness (QED) is 0.450. The number of carbonyl (C=O) groups is 4.